The monoisotopic (exact) mass is 694 g/mol. The molecule has 224 valence electrons. The van der Waals surface area contributed by atoms with Crippen molar-refractivity contribution in [3.8, 4) is 17.2 Å². The van der Waals surface area contributed by atoms with Gasteiger partial charge in [0.25, 0.3) is 11.8 Å². The predicted molar refractivity (Wildman–Crippen MR) is 172 cm³/mol. The Morgan fingerprint density at radius 2 is 1.43 bits per heavy atom. The van der Waals surface area contributed by atoms with E-state index in [1.165, 1.54) is 6.08 Å². The van der Waals surface area contributed by atoms with Crippen LogP contribution in [0.25, 0.3) is 6.08 Å². The molecule has 1 aliphatic heterocycles. The molecule has 0 unspecified atom stereocenters. The molecular weight excluding hydrogens is 671 g/mol. The molecule has 4 aromatic rings. The Morgan fingerprint density at radius 3 is 2.05 bits per heavy atom. The van der Waals surface area contributed by atoms with Gasteiger partial charge in [-0.05, 0) is 83.0 Å². The van der Waals surface area contributed by atoms with Crippen molar-refractivity contribution in [2.75, 3.05) is 11.5 Å². The number of rotatable bonds is 10. The molecule has 0 atom stereocenters. The molecule has 5 rings (SSSR count). The molecule has 0 spiro atoms. The second kappa shape index (κ2) is 14.0. The van der Waals surface area contributed by atoms with E-state index in [4.69, 9.17) is 37.4 Å². The van der Waals surface area contributed by atoms with Gasteiger partial charge in [-0.15, -0.1) is 0 Å². The Hall–Kier alpha value is -4.31. The van der Waals surface area contributed by atoms with Crippen LogP contribution in [0.2, 0.25) is 10.0 Å². The first-order valence-electron chi connectivity index (χ1n) is 13.5. The number of halogens is 3. The van der Waals surface area contributed by atoms with E-state index in [1.54, 1.807) is 48.5 Å². The van der Waals surface area contributed by atoms with Gasteiger partial charge in [-0.2, -0.15) is 0 Å². The molecule has 1 aliphatic rings. The van der Waals surface area contributed by atoms with Crippen LogP contribution in [0, 0.1) is 0 Å². The van der Waals surface area contributed by atoms with Crippen molar-refractivity contribution in [2.45, 2.75) is 20.1 Å². The number of benzene rings is 4. The van der Waals surface area contributed by atoms with Gasteiger partial charge < -0.3 is 14.2 Å². The van der Waals surface area contributed by atoms with Gasteiger partial charge in [0.1, 0.15) is 24.5 Å². The minimum Gasteiger partial charge on any atom is -0.490 e. The number of nitrogens with zero attached hydrogens (tertiary/aromatic N) is 1. The quantitative estimate of drug-likeness (QED) is 0.134. The maximum absolute atomic E-state index is 13.5. The zero-order valence-electron chi connectivity index (χ0n) is 23.3. The Labute approximate surface area is 272 Å². The molecule has 0 radical (unpaired) electrons. The summed E-state index contributed by atoms with van der Waals surface area (Å²) in [5, 5.41) is 3.40. The zero-order chi connectivity index (χ0) is 31.2. The van der Waals surface area contributed by atoms with E-state index in [9.17, 15) is 14.4 Å². The molecule has 0 bridgehead atoms. The highest BCUT2D eigenvalue weighted by Gasteiger charge is 2.37. The second-order valence-corrected chi connectivity index (χ2v) is 11.1. The third-order valence-corrected chi connectivity index (χ3v) is 7.85. The highest BCUT2D eigenvalue weighted by molar-refractivity contribution is 9.10. The van der Waals surface area contributed by atoms with Gasteiger partial charge in [0.2, 0.25) is 0 Å². The lowest BCUT2D eigenvalue weighted by Gasteiger charge is -2.26. The van der Waals surface area contributed by atoms with Crippen LogP contribution in [-0.4, -0.2) is 24.5 Å². The van der Waals surface area contributed by atoms with E-state index in [-0.39, 0.29) is 24.5 Å². The van der Waals surface area contributed by atoms with Crippen molar-refractivity contribution in [3.05, 3.63) is 122 Å². The summed E-state index contributed by atoms with van der Waals surface area (Å²) in [6, 6.07) is 23.5. The maximum atomic E-state index is 13.5. The molecule has 1 fully saturated rings. The molecule has 0 aliphatic carbocycles. The fourth-order valence-corrected chi connectivity index (χ4v) is 5.32. The van der Waals surface area contributed by atoms with Crippen molar-refractivity contribution in [1.82, 2.24) is 5.32 Å². The molecule has 1 N–H and O–H groups in total. The summed E-state index contributed by atoms with van der Waals surface area (Å²) in [7, 11) is 0. The molecule has 11 heteroatoms. The summed E-state index contributed by atoms with van der Waals surface area (Å²) < 4.78 is 18.2. The molecular formula is C33H25BrCl2N2O6. The number of barbiturate groups is 1. The largest absolute Gasteiger partial charge is 0.490 e. The second-order valence-electron chi connectivity index (χ2n) is 9.47. The Kier molecular flexibility index (Phi) is 9.89. The van der Waals surface area contributed by atoms with E-state index in [1.807, 2.05) is 43.3 Å². The number of anilines is 1. The summed E-state index contributed by atoms with van der Waals surface area (Å²) >= 11 is 16.0. The van der Waals surface area contributed by atoms with Crippen molar-refractivity contribution in [3.63, 3.8) is 0 Å². The van der Waals surface area contributed by atoms with Crippen LogP contribution in [0.3, 0.4) is 0 Å². The molecule has 44 heavy (non-hydrogen) atoms. The van der Waals surface area contributed by atoms with E-state index in [0.717, 1.165) is 16.0 Å². The SMILES string of the molecule is CCOc1cc(/C=C2\C(=O)NC(=O)N(c3ccc(OCc4ccccc4Cl)cc3)C2=O)cc(Br)c1OCc1ccccc1Cl. The van der Waals surface area contributed by atoms with E-state index >= 15 is 0 Å². The summed E-state index contributed by atoms with van der Waals surface area (Å²) in [6.45, 7) is 2.60. The van der Waals surface area contributed by atoms with Crippen molar-refractivity contribution in [2.24, 2.45) is 0 Å². The molecule has 0 saturated carbocycles. The van der Waals surface area contributed by atoms with Crippen molar-refractivity contribution >= 4 is 68.7 Å². The lowest BCUT2D eigenvalue weighted by Crippen LogP contribution is -2.54. The molecule has 0 aromatic heterocycles. The summed E-state index contributed by atoms with van der Waals surface area (Å²) in [5.41, 5.74) is 2.11. The predicted octanol–water partition coefficient (Wildman–Crippen LogP) is 7.98. The average molecular weight is 696 g/mol. The number of imide groups is 2. The Balaban J connectivity index is 1.36. The van der Waals surface area contributed by atoms with Crippen LogP contribution in [-0.2, 0) is 22.8 Å². The standard InChI is InChI=1S/C33H25BrCl2N2O6/c1-2-42-29-17-20(16-26(34)30(29)44-19-22-8-4-6-10-28(22)36)15-25-31(39)37-33(41)38(32(25)40)23-11-13-24(14-12-23)43-18-21-7-3-5-9-27(21)35/h3-17H,2,18-19H2,1H3,(H,37,39,41)/b25-15+. The van der Waals surface area contributed by atoms with Crippen LogP contribution in [0.1, 0.15) is 23.6 Å². The summed E-state index contributed by atoms with van der Waals surface area (Å²) in [5.74, 6) is -0.261. The summed E-state index contributed by atoms with van der Waals surface area (Å²) in [4.78, 5) is 39.9. The number of hydrogen-bond acceptors (Lipinski definition) is 6. The first kappa shape index (κ1) is 31.1. The van der Waals surface area contributed by atoms with Crippen LogP contribution in [0.15, 0.2) is 95.0 Å². The van der Waals surface area contributed by atoms with Crippen LogP contribution >= 0.6 is 39.1 Å². The number of urea groups is 1. The van der Waals surface area contributed by atoms with E-state index < -0.39 is 17.8 Å². The lowest BCUT2D eigenvalue weighted by molar-refractivity contribution is -0.122. The lowest BCUT2D eigenvalue weighted by atomic mass is 10.1. The van der Waals surface area contributed by atoms with Gasteiger partial charge in [-0.3, -0.25) is 14.9 Å². The smallest absolute Gasteiger partial charge is 0.335 e. The number of carbonyl (C=O) groups is 3. The Bertz CT molecular complexity index is 1760. The average Bonchev–Trinajstić information content (AvgIpc) is 3.00. The van der Waals surface area contributed by atoms with Gasteiger partial charge in [0, 0.05) is 21.2 Å². The number of hydrogen-bond donors (Lipinski definition) is 1. The number of ether oxygens (including phenoxy) is 3. The van der Waals surface area contributed by atoms with Gasteiger partial charge >= 0.3 is 6.03 Å². The van der Waals surface area contributed by atoms with Gasteiger partial charge in [0.15, 0.2) is 11.5 Å². The van der Waals surface area contributed by atoms with Crippen molar-refractivity contribution < 1.29 is 28.6 Å². The zero-order valence-corrected chi connectivity index (χ0v) is 26.4. The number of nitrogens with one attached hydrogen (secondary N) is 1. The molecule has 1 saturated heterocycles. The molecule has 8 nitrogen and oxygen atoms in total. The van der Waals surface area contributed by atoms with Gasteiger partial charge in [-0.1, -0.05) is 59.6 Å². The van der Waals surface area contributed by atoms with Gasteiger partial charge in [-0.25, -0.2) is 9.69 Å². The highest BCUT2D eigenvalue weighted by Crippen LogP contribution is 2.39. The number of amides is 4. The number of carbonyl (C=O) groups excluding carboxylic acids is 3. The molecule has 4 aromatic carbocycles. The van der Waals surface area contributed by atoms with E-state index in [2.05, 4.69) is 21.2 Å². The first-order valence-corrected chi connectivity index (χ1v) is 15.0. The van der Waals surface area contributed by atoms with Crippen molar-refractivity contribution in [1.29, 1.82) is 0 Å². The van der Waals surface area contributed by atoms with Crippen LogP contribution in [0.5, 0.6) is 17.2 Å². The topological polar surface area (TPSA) is 94.2 Å². The third-order valence-electron chi connectivity index (χ3n) is 6.52. The first-order chi connectivity index (χ1) is 21.2. The minimum absolute atomic E-state index is 0.195. The molecule has 1 heterocycles. The van der Waals surface area contributed by atoms with Crippen LogP contribution in [0.4, 0.5) is 10.5 Å². The summed E-state index contributed by atoms with van der Waals surface area (Å²) in [6.07, 6.45) is 1.39. The fourth-order valence-electron chi connectivity index (χ4n) is 4.37. The highest BCUT2D eigenvalue weighted by atomic mass is 79.9. The normalized spacial score (nSPS) is 14.0. The third kappa shape index (κ3) is 7.07. The molecule has 4 amide bonds. The minimum atomic E-state index is -0.860. The van der Waals surface area contributed by atoms with Crippen LogP contribution < -0.4 is 24.4 Å². The van der Waals surface area contributed by atoms with E-state index in [0.29, 0.717) is 43.9 Å². The fraction of sp³-hybridized carbons (Fsp3) is 0.121. The Morgan fingerprint density at radius 1 is 0.818 bits per heavy atom. The maximum Gasteiger partial charge on any atom is 0.335 e. The van der Waals surface area contributed by atoms with Gasteiger partial charge in [0.05, 0.1) is 16.8 Å².